The summed E-state index contributed by atoms with van der Waals surface area (Å²) in [5.41, 5.74) is 8.83. The van der Waals surface area contributed by atoms with Crippen LogP contribution < -0.4 is 5.73 Å². The molecule has 0 aromatic carbocycles. The van der Waals surface area contributed by atoms with Crippen molar-refractivity contribution < 1.29 is 0 Å². The van der Waals surface area contributed by atoms with Gasteiger partial charge in [-0.2, -0.15) is 5.10 Å². The topological polar surface area (TPSA) is 79.5 Å². The van der Waals surface area contributed by atoms with Crippen LogP contribution in [0.5, 0.6) is 0 Å². The Bertz CT molecular complexity index is 689. The number of nitrogens with zero attached hydrogens (tertiary/aromatic N) is 6. The van der Waals surface area contributed by atoms with Gasteiger partial charge in [0.1, 0.15) is 5.52 Å². The zero-order valence-electron chi connectivity index (χ0n) is 11.1. The lowest BCUT2D eigenvalue weighted by molar-refractivity contribution is 0.572. The minimum Gasteiger partial charge on any atom is -0.369 e. The van der Waals surface area contributed by atoms with Gasteiger partial charge in [0, 0.05) is 32.0 Å². The fraction of sp³-hybridized carbons (Fsp3) is 0.417. The minimum atomic E-state index is 0.540. The van der Waals surface area contributed by atoms with Crippen LogP contribution in [0, 0.1) is 6.92 Å². The summed E-state index contributed by atoms with van der Waals surface area (Å²) >= 11 is 0. The van der Waals surface area contributed by atoms with Crippen molar-refractivity contribution in [1.29, 1.82) is 0 Å². The highest BCUT2D eigenvalue weighted by Gasteiger charge is 2.16. The number of anilines is 1. The summed E-state index contributed by atoms with van der Waals surface area (Å²) in [5, 5.41) is 4.47. The predicted octanol–water partition coefficient (Wildman–Crippen LogP) is 1.04. The number of aromatic nitrogens is 6. The smallest absolute Gasteiger partial charge is 0.202 e. The van der Waals surface area contributed by atoms with Crippen molar-refractivity contribution in [2.75, 3.05) is 5.73 Å². The molecule has 0 aliphatic heterocycles. The first-order valence-electron chi connectivity index (χ1n) is 6.35. The fourth-order valence-corrected chi connectivity index (χ4v) is 2.32. The predicted molar refractivity (Wildman–Crippen MR) is 72.6 cm³/mol. The van der Waals surface area contributed by atoms with E-state index in [9.17, 15) is 0 Å². The molecule has 3 aromatic rings. The third-order valence-electron chi connectivity index (χ3n) is 3.27. The van der Waals surface area contributed by atoms with Crippen LogP contribution in [0.2, 0.25) is 0 Å². The number of nitrogens with two attached hydrogens (primary N) is 1. The highest BCUT2D eigenvalue weighted by molar-refractivity contribution is 5.77. The molecule has 0 bridgehead atoms. The standard InChI is InChI=1S/C12H17N7/c1-3-19-11-10(9(2)16-19)15-12(13)18(11)7-6-17-5-4-14-8-17/h4-5,8H,3,6-7H2,1-2H3,(H2,13,15). The lowest BCUT2D eigenvalue weighted by Gasteiger charge is -2.08. The fourth-order valence-electron chi connectivity index (χ4n) is 2.32. The second-order valence-electron chi connectivity index (χ2n) is 4.50. The molecule has 0 fully saturated rings. The number of imidazole rings is 2. The summed E-state index contributed by atoms with van der Waals surface area (Å²) in [6.45, 7) is 6.39. The second-order valence-corrected chi connectivity index (χ2v) is 4.50. The third kappa shape index (κ3) is 1.87. The van der Waals surface area contributed by atoms with Gasteiger partial charge in [-0.05, 0) is 13.8 Å². The van der Waals surface area contributed by atoms with Gasteiger partial charge in [0.15, 0.2) is 5.65 Å². The SMILES string of the molecule is CCn1nc(C)c2nc(N)n(CCn3ccnc3)c21. The summed E-state index contributed by atoms with van der Waals surface area (Å²) in [7, 11) is 0. The molecule has 3 aromatic heterocycles. The van der Waals surface area contributed by atoms with Gasteiger partial charge >= 0.3 is 0 Å². The van der Waals surface area contributed by atoms with Gasteiger partial charge in [-0.3, -0.25) is 4.57 Å². The number of aryl methyl sites for hydroxylation is 4. The first kappa shape index (κ1) is 11.8. The zero-order valence-corrected chi connectivity index (χ0v) is 11.1. The van der Waals surface area contributed by atoms with E-state index in [2.05, 4.69) is 22.0 Å². The van der Waals surface area contributed by atoms with Crippen LogP contribution >= 0.6 is 0 Å². The first-order chi connectivity index (χ1) is 9.20. The van der Waals surface area contributed by atoms with Crippen LogP contribution in [0.1, 0.15) is 12.6 Å². The van der Waals surface area contributed by atoms with Crippen molar-refractivity contribution in [3.63, 3.8) is 0 Å². The van der Waals surface area contributed by atoms with Crippen LogP contribution in [-0.4, -0.2) is 28.9 Å². The molecule has 100 valence electrons. The Kier molecular flexibility index (Phi) is 2.73. The van der Waals surface area contributed by atoms with Crippen LogP contribution in [0.15, 0.2) is 18.7 Å². The Balaban J connectivity index is 1.99. The summed E-state index contributed by atoms with van der Waals surface area (Å²) in [6.07, 6.45) is 5.51. The first-order valence-corrected chi connectivity index (χ1v) is 6.35. The number of rotatable bonds is 4. The monoisotopic (exact) mass is 259 g/mol. The minimum absolute atomic E-state index is 0.540. The number of nitrogen functional groups attached to an aromatic ring is 1. The number of fused-ring (bicyclic) bond motifs is 1. The Morgan fingerprint density at radius 2 is 2.16 bits per heavy atom. The van der Waals surface area contributed by atoms with Crippen LogP contribution in [-0.2, 0) is 19.6 Å². The van der Waals surface area contributed by atoms with Crippen molar-refractivity contribution in [3.05, 3.63) is 24.4 Å². The zero-order chi connectivity index (χ0) is 13.4. The molecule has 0 aliphatic rings. The van der Waals surface area contributed by atoms with E-state index in [1.807, 2.05) is 26.9 Å². The molecule has 0 saturated carbocycles. The Morgan fingerprint density at radius 3 is 2.84 bits per heavy atom. The molecule has 0 aliphatic carbocycles. The quantitative estimate of drug-likeness (QED) is 0.759. The second kappa shape index (κ2) is 4.42. The molecule has 0 spiro atoms. The molecule has 3 heterocycles. The summed E-state index contributed by atoms with van der Waals surface area (Å²) in [6, 6.07) is 0. The van der Waals surface area contributed by atoms with Gasteiger partial charge < -0.3 is 10.3 Å². The Labute approximate surface area is 110 Å². The number of hydrogen-bond donors (Lipinski definition) is 1. The van der Waals surface area contributed by atoms with Crippen LogP contribution in [0.4, 0.5) is 5.95 Å². The summed E-state index contributed by atoms with van der Waals surface area (Å²) in [5.74, 6) is 0.540. The van der Waals surface area contributed by atoms with Crippen molar-refractivity contribution >= 4 is 17.1 Å². The van der Waals surface area contributed by atoms with Gasteiger partial charge in [-0.15, -0.1) is 0 Å². The average molecular weight is 259 g/mol. The molecule has 19 heavy (non-hydrogen) atoms. The molecule has 0 saturated heterocycles. The van der Waals surface area contributed by atoms with E-state index >= 15 is 0 Å². The van der Waals surface area contributed by atoms with E-state index in [4.69, 9.17) is 5.73 Å². The molecule has 0 unspecified atom stereocenters. The van der Waals surface area contributed by atoms with E-state index in [-0.39, 0.29) is 0 Å². The lowest BCUT2D eigenvalue weighted by atomic mass is 10.4. The van der Waals surface area contributed by atoms with Gasteiger partial charge in [0.2, 0.25) is 5.95 Å². The molecule has 2 N–H and O–H groups in total. The molecule has 0 radical (unpaired) electrons. The summed E-state index contributed by atoms with van der Waals surface area (Å²) in [4.78, 5) is 8.45. The van der Waals surface area contributed by atoms with Crippen molar-refractivity contribution in [1.82, 2.24) is 28.9 Å². The van der Waals surface area contributed by atoms with E-state index in [1.165, 1.54) is 0 Å². The molecule has 3 rings (SSSR count). The maximum atomic E-state index is 6.02. The maximum absolute atomic E-state index is 6.02. The van der Waals surface area contributed by atoms with E-state index in [1.54, 1.807) is 12.5 Å². The Morgan fingerprint density at radius 1 is 1.32 bits per heavy atom. The molecular formula is C12H17N7. The molecule has 7 heteroatoms. The Hall–Kier alpha value is -2.31. The summed E-state index contributed by atoms with van der Waals surface area (Å²) < 4.78 is 5.98. The molecule has 0 amide bonds. The van der Waals surface area contributed by atoms with Gasteiger partial charge in [-0.1, -0.05) is 0 Å². The maximum Gasteiger partial charge on any atom is 0.202 e. The van der Waals surface area contributed by atoms with Crippen LogP contribution in [0.25, 0.3) is 11.2 Å². The van der Waals surface area contributed by atoms with Crippen molar-refractivity contribution in [2.45, 2.75) is 33.5 Å². The molecular weight excluding hydrogens is 242 g/mol. The van der Waals surface area contributed by atoms with Gasteiger partial charge in [0.25, 0.3) is 0 Å². The highest BCUT2D eigenvalue weighted by atomic mass is 15.4. The van der Waals surface area contributed by atoms with E-state index in [0.29, 0.717) is 5.95 Å². The normalized spacial score (nSPS) is 11.5. The van der Waals surface area contributed by atoms with E-state index < -0.39 is 0 Å². The van der Waals surface area contributed by atoms with Crippen molar-refractivity contribution in [3.8, 4) is 0 Å². The third-order valence-corrected chi connectivity index (χ3v) is 3.27. The van der Waals surface area contributed by atoms with Gasteiger partial charge in [-0.25, -0.2) is 14.6 Å². The molecule has 0 atom stereocenters. The lowest BCUT2D eigenvalue weighted by Crippen LogP contribution is -2.12. The number of hydrogen-bond acceptors (Lipinski definition) is 4. The van der Waals surface area contributed by atoms with Crippen molar-refractivity contribution in [2.24, 2.45) is 0 Å². The highest BCUT2D eigenvalue weighted by Crippen LogP contribution is 2.21. The van der Waals surface area contributed by atoms with Gasteiger partial charge in [0.05, 0.1) is 12.0 Å². The largest absolute Gasteiger partial charge is 0.369 e. The van der Waals surface area contributed by atoms with E-state index in [0.717, 1.165) is 36.5 Å². The average Bonchev–Trinajstić information content (AvgIpc) is 3.06. The molecule has 7 nitrogen and oxygen atoms in total. The van der Waals surface area contributed by atoms with Crippen LogP contribution in [0.3, 0.4) is 0 Å².